The number of carbonyl (C=O) groups is 1. The van der Waals surface area contributed by atoms with E-state index in [1.165, 1.54) is 36.4 Å². The number of rotatable bonds is 6. The van der Waals surface area contributed by atoms with Gasteiger partial charge in [0.15, 0.2) is 5.70 Å². The Balaban J connectivity index is 1.66. The molecular formula is C24H17FN2O5. The summed E-state index contributed by atoms with van der Waals surface area (Å²) >= 11 is 0. The van der Waals surface area contributed by atoms with Crippen molar-refractivity contribution in [3.05, 3.63) is 111 Å². The Morgan fingerprint density at radius 3 is 2.62 bits per heavy atom. The molecule has 0 atom stereocenters. The molecule has 8 heteroatoms. The number of hydrogen-bond acceptors (Lipinski definition) is 6. The van der Waals surface area contributed by atoms with Crippen LogP contribution in [-0.4, -0.2) is 16.8 Å². The van der Waals surface area contributed by atoms with Gasteiger partial charge in [0.05, 0.1) is 4.92 Å². The molecule has 0 fully saturated rings. The SMILES string of the molecule is Cc1cccc(C2=NC(=Cc3cc([N+](=O)[O-])ccc3OCc3ccc(F)cc3)C(=O)O2)c1. The number of halogens is 1. The summed E-state index contributed by atoms with van der Waals surface area (Å²) in [6, 6.07) is 17.1. The molecule has 0 amide bonds. The van der Waals surface area contributed by atoms with Crippen LogP contribution >= 0.6 is 0 Å². The highest BCUT2D eigenvalue weighted by atomic mass is 19.1. The molecular weight excluding hydrogens is 415 g/mol. The van der Waals surface area contributed by atoms with Crippen LogP contribution in [0.5, 0.6) is 5.75 Å². The van der Waals surface area contributed by atoms with E-state index in [9.17, 15) is 19.3 Å². The number of non-ortho nitro benzene ring substituents is 1. The summed E-state index contributed by atoms with van der Waals surface area (Å²) in [5.41, 5.74) is 2.46. The number of hydrogen-bond donors (Lipinski definition) is 0. The van der Waals surface area contributed by atoms with Gasteiger partial charge in [-0.1, -0.05) is 29.8 Å². The molecule has 0 unspecified atom stereocenters. The highest BCUT2D eigenvalue weighted by Crippen LogP contribution is 2.29. The summed E-state index contributed by atoms with van der Waals surface area (Å²) in [4.78, 5) is 27.3. The summed E-state index contributed by atoms with van der Waals surface area (Å²) in [5.74, 6) is -0.572. The van der Waals surface area contributed by atoms with Gasteiger partial charge in [0, 0.05) is 23.3 Å². The van der Waals surface area contributed by atoms with Gasteiger partial charge in [-0.3, -0.25) is 10.1 Å². The van der Waals surface area contributed by atoms with E-state index in [0.29, 0.717) is 22.4 Å². The molecule has 0 bridgehead atoms. The van der Waals surface area contributed by atoms with Crippen molar-refractivity contribution in [3.8, 4) is 5.75 Å². The van der Waals surface area contributed by atoms with Crippen molar-refractivity contribution >= 4 is 23.6 Å². The second kappa shape index (κ2) is 8.81. The van der Waals surface area contributed by atoms with Crippen molar-refractivity contribution in [2.45, 2.75) is 13.5 Å². The minimum atomic E-state index is -0.669. The third-order valence-corrected chi connectivity index (χ3v) is 4.69. The number of nitro benzene ring substituents is 1. The highest BCUT2D eigenvalue weighted by molar-refractivity contribution is 6.13. The van der Waals surface area contributed by atoms with Crippen molar-refractivity contribution in [2.24, 2.45) is 4.99 Å². The van der Waals surface area contributed by atoms with Gasteiger partial charge in [-0.25, -0.2) is 14.2 Å². The molecule has 0 radical (unpaired) electrons. The number of carbonyl (C=O) groups excluding carboxylic acids is 1. The lowest BCUT2D eigenvalue weighted by molar-refractivity contribution is -0.384. The molecule has 1 heterocycles. The monoisotopic (exact) mass is 432 g/mol. The van der Waals surface area contributed by atoms with E-state index < -0.39 is 10.9 Å². The highest BCUT2D eigenvalue weighted by Gasteiger charge is 2.25. The molecule has 3 aromatic rings. The maximum Gasteiger partial charge on any atom is 0.363 e. The lowest BCUT2D eigenvalue weighted by Gasteiger charge is -2.09. The van der Waals surface area contributed by atoms with Crippen molar-refractivity contribution in [2.75, 3.05) is 0 Å². The van der Waals surface area contributed by atoms with Crippen LogP contribution in [-0.2, 0) is 16.1 Å². The molecule has 0 saturated heterocycles. The number of aliphatic imine (C=N–C) groups is 1. The summed E-state index contributed by atoms with van der Waals surface area (Å²) in [6.45, 7) is 2.02. The molecule has 1 aliphatic heterocycles. The van der Waals surface area contributed by atoms with Gasteiger partial charge < -0.3 is 9.47 Å². The van der Waals surface area contributed by atoms with Crippen molar-refractivity contribution in [1.82, 2.24) is 0 Å². The minimum absolute atomic E-state index is 0.00589. The normalized spacial score (nSPS) is 14.2. The summed E-state index contributed by atoms with van der Waals surface area (Å²) in [7, 11) is 0. The maximum absolute atomic E-state index is 13.1. The van der Waals surface area contributed by atoms with Crippen LogP contribution in [0.1, 0.15) is 22.3 Å². The Morgan fingerprint density at radius 1 is 1.12 bits per heavy atom. The van der Waals surface area contributed by atoms with E-state index in [0.717, 1.165) is 5.56 Å². The second-order valence-electron chi connectivity index (χ2n) is 7.10. The zero-order valence-electron chi connectivity index (χ0n) is 16.9. The number of nitro groups is 1. The Hall–Kier alpha value is -4.33. The topological polar surface area (TPSA) is 91.0 Å². The van der Waals surface area contributed by atoms with E-state index >= 15 is 0 Å². The van der Waals surface area contributed by atoms with Gasteiger partial charge in [0.2, 0.25) is 5.90 Å². The zero-order valence-corrected chi connectivity index (χ0v) is 16.9. The fourth-order valence-electron chi connectivity index (χ4n) is 3.09. The molecule has 0 N–H and O–H groups in total. The van der Waals surface area contributed by atoms with Crippen molar-refractivity contribution in [1.29, 1.82) is 0 Å². The van der Waals surface area contributed by atoms with Crippen LogP contribution in [0, 0.1) is 22.9 Å². The van der Waals surface area contributed by atoms with Crippen LogP contribution < -0.4 is 4.74 Å². The van der Waals surface area contributed by atoms with Crippen LogP contribution in [0.25, 0.3) is 6.08 Å². The molecule has 1 aliphatic rings. The first-order chi connectivity index (χ1) is 15.4. The molecule has 0 saturated carbocycles. The third-order valence-electron chi connectivity index (χ3n) is 4.69. The van der Waals surface area contributed by atoms with Gasteiger partial charge >= 0.3 is 5.97 Å². The number of aryl methyl sites for hydroxylation is 1. The first kappa shape index (κ1) is 20.9. The number of esters is 1. The summed E-state index contributed by atoms with van der Waals surface area (Å²) < 4.78 is 24.2. The van der Waals surface area contributed by atoms with Gasteiger partial charge in [-0.2, -0.15) is 0 Å². The Bertz CT molecular complexity index is 1270. The van der Waals surface area contributed by atoms with Crippen LogP contribution in [0.3, 0.4) is 0 Å². The fourth-order valence-corrected chi connectivity index (χ4v) is 3.09. The van der Waals surface area contributed by atoms with Crippen LogP contribution in [0.4, 0.5) is 10.1 Å². The van der Waals surface area contributed by atoms with E-state index in [1.54, 1.807) is 18.2 Å². The number of ether oxygens (including phenoxy) is 2. The molecule has 0 aromatic heterocycles. The fraction of sp³-hybridized carbons (Fsp3) is 0.0833. The van der Waals surface area contributed by atoms with Crippen molar-refractivity contribution < 1.29 is 23.6 Å². The predicted molar refractivity (Wildman–Crippen MR) is 116 cm³/mol. The average molecular weight is 432 g/mol. The first-order valence-corrected chi connectivity index (χ1v) is 9.64. The second-order valence-corrected chi connectivity index (χ2v) is 7.10. The molecule has 160 valence electrons. The predicted octanol–water partition coefficient (Wildman–Crippen LogP) is 4.97. The van der Waals surface area contributed by atoms with E-state index in [4.69, 9.17) is 9.47 Å². The zero-order chi connectivity index (χ0) is 22.7. The van der Waals surface area contributed by atoms with Crippen molar-refractivity contribution in [3.63, 3.8) is 0 Å². The van der Waals surface area contributed by atoms with Gasteiger partial charge in [-0.05, 0) is 48.9 Å². The third kappa shape index (κ3) is 4.70. The number of benzene rings is 3. The van der Waals surface area contributed by atoms with E-state index in [2.05, 4.69) is 4.99 Å². The first-order valence-electron chi connectivity index (χ1n) is 9.64. The van der Waals surface area contributed by atoms with Gasteiger partial charge in [0.25, 0.3) is 5.69 Å². The summed E-state index contributed by atoms with van der Waals surface area (Å²) in [6.07, 6.45) is 1.39. The van der Waals surface area contributed by atoms with Crippen LogP contribution in [0.15, 0.2) is 77.4 Å². The maximum atomic E-state index is 13.1. The molecule has 3 aromatic carbocycles. The van der Waals surface area contributed by atoms with E-state index in [1.807, 2.05) is 25.1 Å². The smallest absolute Gasteiger partial charge is 0.363 e. The molecule has 0 aliphatic carbocycles. The Labute approximate surface area is 182 Å². The summed E-state index contributed by atoms with van der Waals surface area (Å²) in [5, 5.41) is 11.2. The van der Waals surface area contributed by atoms with Crippen LogP contribution in [0.2, 0.25) is 0 Å². The largest absolute Gasteiger partial charge is 0.488 e. The lowest BCUT2D eigenvalue weighted by Crippen LogP contribution is -2.05. The van der Waals surface area contributed by atoms with E-state index in [-0.39, 0.29) is 29.7 Å². The molecule has 0 spiro atoms. The standard InChI is InChI=1S/C24H17FN2O5/c1-15-3-2-4-17(11-15)23-26-21(24(28)32-23)13-18-12-20(27(29)30)9-10-22(18)31-14-16-5-7-19(25)8-6-16/h2-13H,14H2,1H3. The van der Waals surface area contributed by atoms with Gasteiger partial charge in [-0.15, -0.1) is 0 Å². The average Bonchev–Trinajstić information content (AvgIpc) is 3.14. The molecule has 7 nitrogen and oxygen atoms in total. The number of cyclic esters (lactones) is 1. The number of nitrogens with zero attached hydrogens (tertiary/aromatic N) is 2. The Morgan fingerprint density at radius 2 is 1.91 bits per heavy atom. The Kier molecular flexibility index (Phi) is 5.76. The quantitative estimate of drug-likeness (QED) is 0.237. The molecule has 32 heavy (non-hydrogen) atoms. The molecule has 4 rings (SSSR count). The van der Waals surface area contributed by atoms with Gasteiger partial charge in [0.1, 0.15) is 18.2 Å². The lowest BCUT2D eigenvalue weighted by atomic mass is 10.1. The minimum Gasteiger partial charge on any atom is -0.488 e.